The van der Waals surface area contributed by atoms with Gasteiger partial charge in [0.25, 0.3) is 5.91 Å². The first-order valence-electron chi connectivity index (χ1n) is 13.4. The number of fused-ring (bicyclic) bond motifs is 1. The fourth-order valence-electron chi connectivity index (χ4n) is 4.80. The number of carbonyl (C=O) groups is 1. The number of nitrogen functional groups attached to an aromatic ring is 1. The predicted octanol–water partition coefficient (Wildman–Crippen LogP) is 5.45. The highest BCUT2D eigenvalue weighted by atomic mass is 19.1. The lowest BCUT2D eigenvalue weighted by atomic mass is 9.91. The second-order valence-corrected chi connectivity index (χ2v) is 11.2. The van der Waals surface area contributed by atoms with Crippen molar-refractivity contribution in [2.24, 2.45) is 5.41 Å². The van der Waals surface area contributed by atoms with Gasteiger partial charge in [-0.15, -0.1) is 0 Å². The number of benzene rings is 1. The van der Waals surface area contributed by atoms with E-state index >= 15 is 4.39 Å². The molecule has 1 aliphatic rings. The minimum absolute atomic E-state index is 0.0488. The highest BCUT2D eigenvalue weighted by molar-refractivity contribution is 5.99. The summed E-state index contributed by atoms with van der Waals surface area (Å²) in [4.78, 5) is 27.5. The molecule has 0 bridgehead atoms. The number of hydrogen-bond donors (Lipinski definition) is 1. The third kappa shape index (κ3) is 6.01. The number of nitrogens with zero attached hydrogens (tertiary/aromatic N) is 7. The summed E-state index contributed by atoms with van der Waals surface area (Å²) in [6, 6.07) is 13.9. The standard InChI is InChI=1S/C30H31FN8O2/c1-30(2,3)14-13-19(16-32)29(40)38-15-7-8-20(17-38)39-28-24(27(33)34-18-35-28)25(37-39)22-11-12-23(36-26(22)31)41-21-9-5-4-6-10-21/h4-6,9-13,18,20H,7-8,14-15,17H2,1-3H3,(H2,33,34,35). The van der Waals surface area contributed by atoms with E-state index in [1.165, 1.54) is 12.4 Å². The molecule has 1 atom stereocenters. The van der Waals surface area contributed by atoms with E-state index in [2.05, 4.69) is 41.8 Å². The Balaban J connectivity index is 1.46. The Labute approximate surface area is 237 Å². The van der Waals surface area contributed by atoms with Gasteiger partial charge in [-0.3, -0.25) is 4.79 Å². The van der Waals surface area contributed by atoms with Gasteiger partial charge in [-0.05, 0) is 42.9 Å². The lowest BCUT2D eigenvalue weighted by Gasteiger charge is -2.33. The number of ether oxygens (including phenoxy) is 1. The van der Waals surface area contributed by atoms with Crippen molar-refractivity contribution in [3.05, 3.63) is 66.4 Å². The van der Waals surface area contributed by atoms with Crippen LogP contribution >= 0.6 is 0 Å². The number of nitriles is 1. The molecule has 0 spiro atoms. The maximum absolute atomic E-state index is 15.4. The number of rotatable bonds is 6. The molecule has 1 saturated heterocycles. The van der Waals surface area contributed by atoms with Gasteiger partial charge in [-0.25, -0.2) is 14.6 Å². The van der Waals surface area contributed by atoms with Gasteiger partial charge in [0.1, 0.15) is 35.2 Å². The maximum atomic E-state index is 15.4. The third-order valence-electron chi connectivity index (χ3n) is 6.86. The number of anilines is 1. The van der Waals surface area contributed by atoms with Gasteiger partial charge in [-0.1, -0.05) is 45.0 Å². The van der Waals surface area contributed by atoms with Crippen LogP contribution in [0.3, 0.4) is 0 Å². The molecule has 0 saturated carbocycles. The van der Waals surface area contributed by atoms with E-state index in [-0.39, 0.29) is 45.9 Å². The van der Waals surface area contributed by atoms with Crippen molar-refractivity contribution in [3.8, 4) is 29.0 Å². The van der Waals surface area contributed by atoms with Gasteiger partial charge in [0.2, 0.25) is 11.8 Å². The normalized spacial score (nSPS) is 16.0. The van der Waals surface area contributed by atoms with Gasteiger partial charge in [0.05, 0.1) is 17.0 Å². The molecule has 1 aliphatic heterocycles. The van der Waals surface area contributed by atoms with Crippen molar-refractivity contribution in [2.45, 2.75) is 46.1 Å². The Morgan fingerprint density at radius 2 is 2.00 bits per heavy atom. The Bertz CT molecular complexity index is 1650. The van der Waals surface area contributed by atoms with Crippen LogP contribution in [0.2, 0.25) is 0 Å². The van der Waals surface area contributed by atoms with E-state index < -0.39 is 5.95 Å². The Morgan fingerprint density at radius 1 is 1.22 bits per heavy atom. The molecule has 3 aromatic heterocycles. The number of allylic oxidation sites excluding steroid dienone is 1. The topological polar surface area (TPSA) is 136 Å². The zero-order chi connectivity index (χ0) is 29.1. The number of likely N-dealkylation sites (tertiary alicyclic amines) is 1. The molecular formula is C30H31FN8O2. The van der Waals surface area contributed by atoms with Crippen LogP contribution in [-0.2, 0) is 4.79 Å². The quantitative estimate of drug-likeness (QED) is 0.189. The molecule has 4 aromatic rings. The Kier molecular flexibility index (Phi) is 7.66. The molecule has 0 radical (unpaired) electrons. The molecule has 1 fully saturated rings. The van der Waals surface area contributed by atoms with Crippen LogP contribution < -0.4 is 10.5 Å². The number of amides is 1. The summed E-state index contributed by atoms with van der Waals surface area (Å²) >= 11 is 0. The molecule has 2 N–H and O–H groups in total. The molecular weight excluding hydrogens is 523 g/mol. The van der Waals surface area contributed by atoms with Crippen molar-refractivity contribution in [2.75, 3.05) is 18.8 Å². The monoisotopic (exact) mass is 554 g/mol. The van der Waals surface area contributed by atoms with Gasteiger partial charge in [0.15, 0.2) is 5.65 Å². The van der Waals surface area contributed by atoms with Crippen LogP contribution in [0.5, 0.6) is 11.6 Å². The molecule has 5 rings (SSSR count). The largest absolute Gasteiger partial charge is 0.439 e. The van der Waals surface area contributed by atoms with Gasteiger partial charge < -0.3 is 15.4 Å². The lowest BCUT2D eigenvalue weighted by molar-refractivity contribution is -0.128. The first kappa shape index (κ1) is 27.7. The molecule has 1 aromatic carbocycles. The van der Waals surface area contributed by atoms with Crippen molar-refractivity contribution >= 4 is 22.8 Å². The molecule has 10 nitrogen and oxygen atoms in total. The number of piperidine rings is 1. The summed E-state index contributed by atoms with van der Waals surface area (Å²) in [6.45, 7) is 6.99. The van der Waals surface area contributed by atoms with Gasteiger partial charge in [-0.2, -0.15) is 19.7 Å². The van der Waals surface area contributed by atoms with E-state index in [1.807, 2.05) is 18.2 Å². The van der Waals surface area contributed by atoms with E-state index in [9.17, 15) is 10.1 Å². The highest BCUT2D eigenvalue weighted by Gasteiger charge is 2.30. The average Bonchev–Trinajstić information content (AvgIpc) is 3.34. The highest BCUT2D eigenvalue weighted by Crippen LogP contribution is 2.35. The number of aromatic nitrogens is 5. The van der Waals surface area contributed by atoms with Gasteiger partial charge in [0, 0.05) is 19.2 Å². The number of halogens is 1. The molecule has 4 heterocycles. The maximum Gasteiger partial charge on any atom is 0.264 e. The van der Waals surface area contributed by atoms with Crippen molar-refractivity contribution in [3.63, 3.8) is 0 Å². The zero-order valence-corrected chi connectivity index (χ0v) is 23.2. The summed E-state index contributed by atoms with van der Waals surface area (Å²) in [7, 11) is 0. The van der Waals surface area contributed by atoms with Crippen molar-refractivity contribution in [1.82, 2.24) is 29.6 Å². The van der Waals surface area contributed by atoms with E-state index in [4.69, 9.17) is 15.6 Å². The Morgan fingerprint density at radius 3 is 2.71 bits per heavy atom. The number of hydrogen-bond acceptors (Lipinski definition) is 8. The third-order valence-corrected chi connectivity index (χ3v) is 6.86. The van der Waals surface area contributed by atoms with Crippen LogP contribution in [0.25, 0.3) is 22.3 Å². The molecule has 1 unspecified atom stereocenters. The van der Waals surface area contributed by atoms with E-state index in [0.29, 0.717) is 49.1 Å². The molecule has 210 valence electrons. The smallest absolute Gasteiger partial charge is 0.264 e. The van der Waals surface area contributed by atoms with Gasteiger partial charge >= 0.3 is 0 Å². The Hall–Kier alpha value is -4.85. The minimum atomic E-state index is -0.781. The second-order valence-electron chi connectivity index (χ2n) is 11.2. The summed E-state index contributed by atoms with van der Waals surface area (Å²) in [5, 5.41) is 14.8. The van der Waals surface area contributed by atoms with Crippen molar-refractivity contribution < 1.29 is 13.9 Å². The first-order chi connectivity index (χ1) is 19.6. The predicted molar refractivity (Wildman–Crippen MR) is 152 cm³/mol. The number of para-hydroxylation sites is 1. The van der Waals surface area contributed by atoms with Crippen LogP contribution in [0, 0.1) is 22.7 Å². The van der Waals surface area contributed by atoms with E-state index in [0.717, 1.165) is 0 Å². The molecule has 11 heteroatoms. The fraction of sp³-hybridized carbons (Fsp3) is 0.333. The number of carbonyl (C=O) groups excluding carboxylic acids is 1. The van der Waals surface area contributed by atoms with Crippen LogP contribution in [0.15, 0.2) is 60.4 Å². The first-order valence-corrected chi connectivity index (χ1v) is 13.4. The number of pyridine rings is 1. The fourth-order valence-corrected chi connectivity index (χ4v) is 4.80. The lowest BCUT2D eigenvalue weighted by Crippen LogP contribution is -2.41. The summed E-state index contributed by atoms with van der Waals surface area (Å²) < 4.78 is 22.7. The van der Waals surface area contributed by atoms with Crippen LogP contribution in [0.4, 0.5) is 10.2 Å². The molecule has 0 aliphatic carbocycles. The molecule has 41 heavy (non-hydrogen) atoms. The van der Waals surface area contributed by atoms with E-state index in [1.54, 1.807) is 33.9 Å². The molecule has 1 amide bonds. The SMILES string of the molecule is CC(C)(C)CC=C(C#N)C(=O)N1CCCC(n2nc(-c3ccc(Oc4ccccc4)nc3F)c3c(N)ncnc32)C1. The minimum Gasteiger partial charge on any atom is -0.439 e. The number of nitrogens with two attached hydrogens (primary N) is 1. The van der Waals surface area contributed by atoms with Crippen molar-refractivity contribution in [1.29, 1.82) is 5.26 Å². The van der Waals surface area contributed by atoms with Crippen LogP contribution in [-0.4, -0.2) is 48.6 Å². The second kappa shape index (κ2) is 11.3. The average molecular weight is 555 g/mol. The summed E-state index contributed by atoms with van der Waals surface area (Å²) in [5.74, 6) is -0.308. The summed E-state index contributed by atoms with van der Waals surface area (Å²) in [5.41, 5.74) is 7.12. The van der Waals surface area contributed by atoms with Crippen LogP contribution in [0.1, 0.15) is 46.1 Å². The zero-order valence-electron chi connectivity index (χ0n) is 23.2. The summed E-state index contributed by atoms with van der Waals surface area (Å²) in [6.07, 6.45) is 5.06.